The highest BCUT2D eigenvalue weighted by Gasteiger charge is 2.28. The van der Waals surface area contributed by atoms with Gasteiger partial charge in [0, 0.05) is 31.5 Å². The van der Waals surface area contributed by atoms with Crippen molar-refractivity contribution in [3.05, 3.63) is 72.3 Å². The molecule has 3 aromatic rings. The minimum Gasteiger partial charge on any atom is -0.486 e. The van der Waals surface area contributed by atoms with Gasteiger partial charge in [0.15, 0.2) is 6.10 Å². The highest BCUT2D eigenvalue weighted by Crippen LogP contribution is 2.28. The SMILES string of the molecule is Cn1ccnc1COc1ccc(NC(=O)[C@@H]2Cc3ccccc3O2)cc1. The van der Waals surface area contributed by atoms with Gasteiger partial charge in [-0.15, -0.1) is 0 Å². The summed E-state index contributed by atoms with van der Waals surface area (Å²) in [7, 11) is 1.92. The molecule has 0 saturated heterocycles. The molecule has 2 aromatic carbocycles. The molecule has 0 aliphatic carbocycles. The molecule has 6 nitrogen and oxygen atoms in total. The predicted molar refractivity (Wildman–Crippen MR) is 97.2 cm³/mol. The van der Waals surface area contributed by atoms with E-state index in [4.69, 9.17) is 9.47 Å². The number of carbonyl (C=O) groups excluding carboxylic acids is 1. The Morgan fingerprint density at radius 1 is 1.27 bits per heavy atom. The van der Waals surface area contributed by atoms with Crippen LogP contribution in [0.2, 0.25) is 0 Å². The van der Waals surface area contributed by atoms with Gasteiger partial charge in [-0.3, -0.25) is 4.79 Å². The van der Waals surface area contributed by atoms with Crippen LogP contribution in [0.1, 0.15) is 11.4 Å². The number of anilines is 1. The number of nitrogens with one attached hydrogen (secondary N) is 1. The lowest BCUT2D eigenvalue weighted by Crippen LogP contribution is -2.31. The van der Waals surface area contributed by atoms with Crippen molar-refractivity contribution >= 4 is 11.6 Å². The first-order valence-electron chi connectivity index (χ1n) is 8.43. The lowest BCUT2D eigenvalue weighted by atomic mass is 10.1. The lowest BCUT2D eigenvalue weighted by Gasteiger charge is -2.12. The number of hydrogen-bond acceptors (Lipinski definition) is 4. The van der Waals surface area contributed by atoms with Crippen LogP contribution in [-0.2, 0) is 24.9 Å². The number of imidazole rings is 1. The molecule has 0 bridgehead atoms. The van der Waals surface area contributed by atoms with E-state index in [9.17, 15) is 4.79 Å². The topological polar surface area (TPSA) is 65.4 Å². The fourth-order valence-electron chi connectivity index (χ4n) is 2.87. The van der Waals surface area contributed by atoms with Crippen LogP contribution in [0, 0.1) is 0 Å². The summed E-state index contributed by atoms with van der Waals surface area (Å²) in [5.41, 5.74) is 1.77. The molecule has 6 heteroatoms. The Morgan fingerprint density at radius 2 is 2.08 bits per heavy atom. The maximum atomic E-state index is 12.4. The Kier molecular flexibility index (Phi) is 4.31. The maximum absolute atomic E-state index is 12.4. The van der Waals surface area contributed by atoms with Gasteiger partial charge in [-0.1, -0.05) is 18.2 Å². The number of aryl methyl sites for hydroxylation is 1. The molecule has 0 saturated carbocycles. The molecule has 2 heterocycles. The smallest absolute Gasteiger partial charge is 0.265 e. The van der Waals surface area contributed by atoms with Crippen molar-refractivity contribution in [2.45, 2.75) is 19.1 Å². The van der Waals surface area contributed by atoms with E-state index in [1.165, 1.54) is 0 Å². The van der Waals surface area contributed by atoms with Crippen molar-refractivity contribution in [3.8, 4) is 11.5 Å². The molecule has 0 unspecified atom stereocenters. The van der Waals surface area contributed by atoms with Crippen molar-refractivity contribution in [1.29, 1.82) is 0 Å². The fraction of sp³-hybridized carbons (Fsp3) is 0.200. The average molecular weight is 349 g/mol. The predicted octanol–water partition coefficient (Wildman–Crippen LogP) is 2.94. The van der Waals surface area contributed by atoms with Gasteiger partial charge in [-0.05, 0) is 35.9 Å². The first kappa shape index (κ1) is 16.2. The number of aromatic nitrogens is 2. The van der Waals surface area contributed by atoms with Gasteiger partial charge in [0.2, 0.25) is 0 Å². The molecule has 132 valence electrons. The summed E-state index contributed by atoms with van der Waals surface area (Å²) in [6, 6.07) is 15.0. The number of carbonyl (C=O) groups is 1. The Balaban J connectivity index is 1.33. The third-order valence-corrected chi connectivity index (χ3v) is 4.35. The van der Waals surface area contributed by atoms with E-state index in [0.717, 1.165) is 22.9 Å². The van der Waals surface area contributed by atoms with Crippen LogP contribution in [0.4, 0.5) is 5.69 Å². The first-order chi connectivity index (χ1) is 12.7. The van der Waals surface area contributed by atoms with E-state index >= 15 is 0 Å². The molecule has 0 radical (unpaired) electrons. The van der Waals surface area contributed by atoms with E-state index in [1.54, 1.807) is 6.20 Å². The number of fused-ring (bicyclic) bond motifs is 1. The van der Waals surface area contributed by atoms with Crippen LogP contribution >= 0.6 is 0 Å². The van der Waals surface area contributed by atoms with Crippen LogP contribution in [-0.4, -0.2) is 21.6 Å². The van der Waals surface area contributed by atoms with Crippen LogP contribution in [0.15, 0.2) is 60.9 Å². The minimum atomic E-state index is -0.494. The zero-order valence-corrected chi connectivity index (χ0v) is 14.4. The minimum absolute atomic E-state index is 0.150. The molecule has 1 atom stereocenters. The van der Waals surface area contributed by atoms with E-state index in [0.29, 0.717) is 18.7 Å². The lowest BCUT2D eigenvalue weighted by molar-refractivity contribution is -0.122. The normalized spacial score (nSPS) is 15.2. The Bertz CT molecular complexity index is 893. The van der Waals surface area contributed by atoms with Gasteiger partial charge in [-0.2, -0.15) is 0 Å². The standard InChI is InChI=1S/C20H19N3O3/c1-23-11-10-21-19(23)13-25-16-8-6-15(7-9-16)22-20(24)18-12-14-4-2-3-5-17(14)26-18/h2-11,18H,12-13H2,1H3,(H,22,24)/t18-/m0/s1. The Morgan fingerprint density at radius 3 is 2.81 bits per heavy atom. The number of rotatable bonds is 5. The summed E-state index contributed by atoms with van der Waals surface area (Å²) in [4.78, 5) is 16.6. The van der Waals surface area contributed by atoms with E-state index in [2.05, 4.69) is 10.3 Å². The van der Waals surface area contributed by atoms with Crippen LogP contribution in [0.25, 0.3) is 0 Å². The third kappa shape index (κ3) is 3.39. The average Bonchev–Trinajstić information content (AvgIpc) is 3.27. The first-order valence-corrected chi connectivity index (χ1v) is 8.43. The molecule has 26 heavy (non-hydrogen) atoms. The second-order valence-corrected chi connectivity index (χ2v) is 6.18. The molecule has 0 spiro atoms. The van der Waals surface area contributed by atoms with E-state index in [-0.39, 0.29) is 5.91 Å². The molecule has 1 amide bonds. The van der Waals surface area contributed by atoms with Crippen molar-refractivity contribution in [3.63, 3.8) is 0 Å². The molecule has 1 aliphatic heterocycles. The quantitative estimate of drug-likeness (QED) is 0.769. The molecule has 0 fully saturated rings. The summed E-state index contributed by atoms with van der Waals surface area (Å²) < 4.78 is 13.3. The molecule has 1 aromatic heterocycles. The number of benzene rings is 2. The summed E-state index contributed by atoms with van der Waals surface area (Å²) in [5.74, 6) is 2.20. The number of nitrogens with zero attached hydrogens (tertiary/aromatic N) is 2. The molecular weight excluding hydrogens is 330 g/mol. The van der Waals surface area contributed by atoms with Crippen LogP contribution in [0.3, 0.4) is 0 Å². The molecule has 1 aliphatic rings. The van der Waals surface area contributed by atoms with Crippen molar-refractivity contribution < 1.29 is 14.3 Å². The number of amides is 1. The van der Waals surface area contributed by atoms with Gasteiger partial charge in [0.25, 0.3) is 5.91 Å². The Labute approximate surface area is 151 Å². The molecule has 4 rings (SSSR count). The summed E-state index contributed by atoms with van der Waals surface area (Å²) in [6.07, 6.45) is 3.71. The highest BCUT2D eigenvalue weighted by atomic mass is 16.5. The highest BCUT2D eigenvalue weighted by molar-refractivity contribution is 5.95. The second kappa shape index (κ2) is 6.92. The van der Waals surface area contributed by atoms with Gasteiger partial charge >= 0.3 is 0 Å². The number of hydrogen-bond donors (Lipinski definition) is 1. The van der Waals surface area contributed by atoms with Crippen molar-refractivity contribution in [2.24, 2.45) is 7.05 Å². The van der Waals surface area contributed by atoms with Crippen LogP contribution < -0.4 is 14.8 Å². The summed E-state index contributed by atoms with van der Waals surface area (Å²) in [6.45, 7) is 0.392. The van der Waals surface area contributed by atoms with Gasteiger partial charge in [-0.25, -0.2) is 4.98 Å². The zero-order valence-electron chi connectivity index (χ0n) is 14.4. The summed E-state index contributed by atoms with van der Waals surface area (Å²) >= 11 is 0. The molecule has 1 N–H and O–H groups in total. The Hall–Kier alpha value is -3.28. The van der Waals surface area contributed by atoms with Crippen molar-refractivity contribution in [1.82, 2.24) is 9.55 Å². The number of ether oxygens (including phenoxy) is 2. The van der Waals surface area contributed by atoms with Gasteiger partial charge in [0.05, 0.1) is 0 Å². The van der Waals surface area contributed by atoms with Crippen molar-refractivity contribution in [2.75, 3.05) is 5.32 Å². The number of para-hydroxylation sites is 1. The third-order valence-electron chi connectivity index (χ3n) is 4.35. The maximum Gasteiger partial charge on any atom is 0.265 e. The fourth-order valence-corrected chi connectivity index (χ4v) is 2.87. The van der Waals surface area contributed by atoms with Crippen LogP contribution in [0.5, 0.6) is 11.5 Å². The monoisotopic (exact) mass is 349 g/mol. The van der Waals surface area contributed by atoms with E-state index < -0.39 is 6.10 Å². The largest absolute Gasteiger partial charge is 0.486 e. The zero-order chi connectivity index (χ0) is 17.9. The second-order valence-electron chi connectivity index (χ2n) is 6.18. The molecular formula is C20H19N3O3. The van der Waals surface area contributed by atoms with E-state index in [1.807, 2.05) is 66.3 Å². The summed E-state index contributed by atoms with van der Waals surface area (Å²) in [5, 5.41) is 2.89. The van der Waals surface area contributed by atoms with Gasteiger partial charge in [0.1, 0.15) is 23.9 Å². The van der Waals surface area contributed by atoms with Gasteiger partial charge < -0.3 is 19.4 Å².